The molecule has 1 saturated carbocycles. The first kappa shape index (κ1) is 18.2. The predicted molar refractivity (Wildman–Crippen MR) is 93.8 cm³/mol. The second-order valence-electron chi connectivity index (χ2n) is 5.38. The van der Waals surface area contributed by atoms with Crippen molar-refractivity contribution in [3.05, 3.63) is 11.7 Å². The van der Waals surface area contributed by atoms with E-state index < -0.39 is 0 Å². The third kappa shape index (κ3) is 6.62. The summed E-state index contributed by atoms with van der Waals surface area (Å²) in [5, 5.41) is 10.2. The van der Waals surface area contributed by atoms with Gasteiger partial charge < -0.3 is 15.2 Å². The van der Waals surface area contributed by atoms with E-state index in [1.807, 2.05) is 6.92 Å². The zero-order chi connectivity index (χ0) is 14.2. The quantitative estimate of drug-likeness (QED) is 0.328. The summed E-state index contributed by atoms with van der Waals surface area (Å²) in [6, 6.07) is 0. The predicted octanol–water partition coefficient (Wildman–Crippen LogP) is 2.63. The lowest BCUT2D eigenvalue weighted by molar-refractivity contribution is 0.371. The van der Waals surface area contributed by atoms with Crippen LogP contribution in [-0.2, 0) is 6.54 Å². The van der Waals surface area contributed by atoms with Crippen LogP contribution in [0.2, 0.25) is 0 Å². The molecule has 0 aromatic carbocycles. The minimum Gasteiger partial charge on any atom is -0.356 e. The van der Waals surface area contributed by atoms with E-state index in [1.165, 1.54) is 38.5 Å². The van der Waals surface area contributed by atoms with Gasteiger partial charge in [0, 0.05) is 13.6 Å². The van der Waals surface area contributed by atoms with Crippen molar-refractivity contribution in [1.29, 1.82) is 0 Å². The Labute approximate surface area is 143 Å². The highest BCUT2D eigenvalue weighted by atomic mass is 127. The zero-order valence-corrected chi connectivity index (χ0v) is 15.2. The molecule has 0 aliphatic heterocycles. The van der Waals surface area contributed by atoms with Crippen LogP contribution in [0.25, 0.3) is 0 Å². The highest BCUT2D eigenvalue weighted by Gasteiger charge is 2.14. The molecule has 1 heterocycles. The van der Waals surface area contributed by atoms with Gasteiger partial charge >= 0.3 is 0 Å². The summed E-state index contributed by atoms with van der Waals surface area (Å²) in [5.41, 5.74) is 0. The van der Waals surface area contributed by atoms with Crippen LogP contribution in [0, 0.1) is 12.8 Å². The number of rotatable bonds is 6. The molecule has 1 fully saturated rings. The summed E-state index contributed by atoms with van der Waals surface area (Å²) in [4.78, 5) is 8.33. The van der Waals surface area contributed by atoms with E-state index in [-0.39, 0.29) is 24.0 Å². The molecule has 0 atom stereocenters. The molecule has 0 unspecified atom stereocenters. The highest BCUT2D eigenvalue weighted by molar-refractivity contribution is 14.0. The van der Waals surface area contributed by atoms with Gasteiger partial charge in [0.15, 0.2) is 11.8 Å². The van der Waals surface area contributed by atoms with Gasteiger partial charge in [-0.1, -0.05) is 30.8 Å². The number of aliphatic imine (C=N–C) groups is 1. The Morgan fingerprint density at radius 3 is 2.71 bits per heavy atom. The van der Waals surface area contributed by atoms with Crippen LogP contribution in [0.1, 0.15) is 50.2 Å². The Kier molecular flexibility index (Phi) is 8.63. The molecule has 21 heavy (non-hydrogen) atoms. The largest absolute Gasteiger partial charge is 0.356 e. The molecule has 1 aliphatic rings. The van der Waals surface area contributed by atoms with Gasteiger partial charge in [-0.15, -0.1) is 24.0 Å². The molecule has 2 N–H and O–H groups in total. The molecule has 1 aliphatic carbocycles. The average molecular weight is 407 g/mol. The fourth-order valence-corrected chi connectivity index (χ4v) is 2.69. The normalized spacial score (nSPS) is 15.8. The van der Waals surface area contributed by atoms with Gasteiger partial charge in [0.2, 0.25) is 5.89 Å². The lowest BCUT2D eigenvalue weighted by Gasteiger charge is -2.12. The molecule has 0 saturated heterocycles. The van der Waals surface area contributed by atoms with Gasteiger partial charge in [0.1, 0.15) is 0 Å². The van der Waals surface area contributed by atoms with Crippen molar-refractivity contribution in [3.63, 3.8) is 0 Å². The SMILES string of the molecule is CN=C(NCCCC1CCCC1)NCc1nc(C)no1.I. The lowest BCUT2D eigenvalue weighted by atomic mass is 10.0. The van der Waals surface area contributed by atoms with Crippen molar-refractivity contribution in [1.82, 2.24) is 20.8 Å². The molecule has 120 valence electrons. The summed E-state index contributed by atoms with van der Waals surface area (Å²) in [6.45, 7) is 3.27. The highest BCUT2D eigenvalue weighted by Crippen LogP contribution is 2.28. The van der Waals surface area contributed by atoms with Crippen molar-refractivity contribution < 1.29 is 4.52 Å². The second kappa shape index (κ2) is 9.97. The van der Waals surface area contributed by atoms with E-state index in [9.17, 15) is 0 Å². The molecular weight excluding hydrogens is 381 g/mol. The summed E-state index contributed by atoms with van der Waals surface area (Å²) < 4.78 is 5.05. The van der Waals surface area contributed by atoms with Crippen LogP contribution < -0.4 is 10.6 Å². The van der Waals surface area contributed by atoms with Gasteiger partial charge in [-0.2, -0.15) is 4.98 Å². The molecule has 1 aromatic rings. The third-order valence-electron chi connectivity index (χ3n) is 3.76. The van der Waals surface area contributed by atoms with E-state index in [1.54, 1.807) is 7.05 Å². The fraction of sp³-hybridized carbons (Fsp3) is 0.786. The fourth-order valence-electron chi connectivity index (χ4n) is 2.69. The molecule has 0 bridgehead atoms. The van der Waals surface area contributed by atoms with Crippen molar-refractivity contribution in [3.8, 4) is 0 Å². The molecule has 0 spiro atoms. The number of nitrogens with zero attached hydrogens (tertiary/aromatic N) is 3. The molecule has 6 nitrogen and oxygen atoms in total. The van der Waals surface area contributed by atoms with E-state index in [4.69, 9.17) is 4.52 Å². The van der Waals surface area contributed by atoms with Gasteiger partial charge in [-0.05, 0) is 25.7 Å². The van der Waals surface area contributed by atoms with Crippen LogP contribution in [0.5, 0.6) is 0 Å². The van der Waals surface area contributed by atoms with Crippen LogP contribution in [0.3, 0.4) is 0 Å². The van der Waals surface area contributed by atoms with Crippen molar-refractivity contribution in [2.24, 2.45) is 10.9 Å². The number of hydrogen-bond acceptors (Lipinski definition) is 4. The average Bonchev–Trinajstić information content (AvgIpc) is 3.09. The Bertz CT molecular complexity index is 429. The number of guanidine groups is 1. The maximum Gasteiger partial charge on any atom is 0.246 e. The summed E-state index contributed by atoms with van der Waals surface area (Å²) >= 11 is 0. The van der Waals surface area contributed by atoms with Gasteiger partial charge in [0.05, 0.1) is 6.54 Å². The van der Waals surface area contributed by atoms with Gasteiger partial charge in [-0.25, -0.2) is 0 Å². The van der Waals surface area contributed by atoms with Crippen LogP contribution >= 0.6 is 24.0 Å². The second-order valence-corrected chi connectivity index (χ2v) is 5.38. The molecule has 2 rings (SSSR count). The first-order chi connectivity index (χ1) is 9.78. The lowest BCUT2D eigenvalue weighted by Crippen LogP contribution is -2.37. The Hall–Kier alpha value is -0.860. The summed E-state index contributed by atoms with van der Waals surface area (Å²) in [5.74, 6) is 2.97. The molecule has 1 aromatic heterocycles. The van der Waals surface area contributed by atoms with Gasteiger partial charge in [-0.3, -0.25) is 4.99 Å². The minimum atomic E-state index is 0. The Balaban J connectivity index is 0.00000220. The Morgan fingerprint density at radius 1 is 1.33 bits per heavy atom. The number of aromatic nitrogens is 2. The minimum absolute atomic E-state index is 0. The first-order valence-corrected chi connectivity index (χ1v) is 7.51. The maximum atomic E-state index is 5.05. The first-order valence-electron chi connectivity index (χ1n) is 7.51. The molecule has 0 amide bonds. The van der Waals surface area contributed by atoms with E-state index in [2.05, 4.69) is 25.8 Å². The van der Waals surface area contributed by atoms with E-state index in [0.717, 1.165) is 18.4 Å². The van der Waals surface area contributed by atoms with Gasteiger partial charge in [0.25, 0.3) is 0 Å². The monoisotopic (exact) mass is 407 g/mol. The van der Waals surface area contributed by atoms with E-state index in [0.29, 0.717) is 18.3 Å². The summed E-state index contributed by atoms with van der Waals surface area (Å²) in [7, 11) is 1.77. The molecule has 0 radical (unpaired) electrons. The van der Waals surface area contributed by atoms with Crippen molar-refractivity contribution in [2.45, 2.75) is 52.0 Å². The third-order valence-corrected chi connectivity index (χ3v) is 3.76. The number of aryl methyl sites for hydroxylation is 1. The molecular formula is C14H26IN5O. The van der Waals surface area contributed by atoms with Crippen molar-refractivity contribution in [2.75, 3.05) is 13.6 Å². The number of nitrogens with one attached hydrogen (secondary N) is 2. The standard InChI is InChI=1S/C14H25N5O.HI/c1-11-18-13(20-19-11)10-17-14(15-2)16-9-5-8-12-6-3-4-7-12;/h12H,3-10H2,1-2H3,(H2,15,16,17);1H. The number of hydrogen-bond donors (Lipinski definition) is 2. The zero-order valence-electron chi connectivity index (χ0n) is 12.9. The number of halogens is 1. The van der Waals surface area contributed by atoms with Crippen LogP contribution in [0.15, 0.2) is 9.52 Å². The summed E-state index contributed by atoms with van der Waals surface area (Å²) in [6.07, 6.45) is 8.21. The maximum absolute atomic E-state index is 5.05. The van der Waals surface area contributed by atoms with Crippen molar-refractivity contribution >= 4 is 29.9 Å². The van der Waals surface area contributed by atoms with E-state index >= 15 is 0 Å². The smallest absolute Gasteiger partial charge is 0.246 e. The van der Waals surface area contributed by atoms with Crippen LogP contribution in [0.4, 0.5) is 0 Å². The van der Waals surface area contributed by atoms with Crippen LogP contribution in [-0.4, -0.2) is 29.7 Å². The molecule has 7 heteroatoms. The Morgan fingerprint density at radius 2 is 2.10 bits per heavy atom. The topological polar surface area (TPSA) is 75.3 Å².